The van der Waals surface area contributed by atoms with Crippen LogP contribution in [0.3, 0.4) is 0 Å². The van der Waals surface area contributed by atoms with Crippen molar-refractivity contribution in [3.63, 3.8) is 0 Å². The summed E-state index contributed by atoms with van der Waals surface area (Å²) in [5.74, 6) is -1.11. The SMILES string of the molecule is CN1C(=O)[C@@H]2CNC[C@]2(c2ccccc2F)N/C1=N/C(=O)OC(C)(C)C. The van der Waals surface area contributed by atoms with Crippen molar-refractivity contribution < 1.29 is 18.7 Å². The van der Waals surface area contributed by atoms with Crippen LogP contribution in [-0.2, 0) is 15.1 Å². The summed E-state index contributed by atoms with van der Waals surface area (Å²) in [6.45, 7) is 5.93. The molecule has 2 N–H and O–H groups in total. The van der Waals surface area contributed by atoms with E-state index in [2.05, 4.69) is 15.6 Å². The highest BCUT2D eigenvalue weighted by Gasteiger charge is 2.54. The van der Waals surface area contributed by atoms with Gasteiger partial charge in [-0.25, -0.2) is 9.18 Å². The van der Waals surface area contributed by atoms with Gasteiger partial charge < -0.3 is 15.4 Å². The normalized spacial score (nSPS) is 27.3. The lowest BCUT2D eigenvalue weighted by molar-refractivity contribution is -0.134. The predicted octanol–water partition coefficient (Wildman–Crippen LogP) is 1.59. The van der Waals surface area contributed by atoms with Crippen LogP contribution < -0.4 is 10.6 Å². The third-order valence-corrected chi connectivity index (χ3v) is 4.57. The molecular formula is C18H23FN4O3. The summed E-state index contributed by atoms with van der Waals surface area (Å²) in [6, 6.07) is 6.32. The molecule has 7 nitrogen and oxygen atoms in total. The van der Waals surface area contributed by atoms with Gasteiger partial charge in [0, 0.05) is 25.7 Å². The van der Waals surface area contributed by atoms with Crippen LogP contribution in [0.2, 0.25) is 0 Å². The van der Waals surface area contributed by atoms with Gasteiger partial charge in [-0.3, -0.25) is 9.69 Å². The molecule has 2 amide bonds. The van der Waals surface area contributed by atoms with Gasteiger partial charge in [-0.1, -0.05) is 18.2 Å². The van der Waals surface area contributed by atoms with Crippen molar-refractivity contribution in [2.75, 3.05) is 20.1 Å². The zero-order valence-electron chi connectivity index (χ0n) is 15.3. The van der Waals surface area contributed by atoms with Crippen molar-refractivity contribution in [2.24, 2.45) is 10.9 Å². The molecule has 8 heteroatoms. The maximum atomic E-state index is 14.5. The van der Waals surface area contributed by atoms with Crippen LogP contribution in [0.4, 0.5) is 9.18 Å². The number of rotatable bonds is 1. The van der Waals surface area contributed by atoms with Crippen LogP contribution in [0, 0.1) is 11.7 Å². The van der Waals surface area contributed by atoms with Crippen molar-refractivity contribution in [3.8, 4) is 0 Å². The molecule has 0 aliphatic carbocycles. The van der Waals surface area contributed by atoms with Crippen molar-refractivity contribution in [1.29, 1.82) is 0 Å². The third-order valence-electron chi connectivity index (χ3n) is 4.57. The number of fused-ring (bicyclic) bond motifs is 1. The van der Waals surface area contributed by atoms with Gasteiger partial charge in [-0.05, 0) is 26.8 Å². The molecule has 2 fully saturated rings. The Morgan fingerprint density at radius 1 is 1.38 bits per heavy atom. The number of ether oxygens (including phenoxy) is 1. The second kappa shape index (κ2) is 6.35. The van der Waals surface area contributed by atoms with Gasteiger partial charge in [-0.15, -0.1) is 4.99 Å². The van der Waals surface area contributed by atoms with E-state index in [9.17, 15) is 14.0 Å². The fourth-order valence-corrected chi connectivity index (χ4v) is 3.41. The molecule has 0 bridgehead atoms. The standard InChI is InChI=1S/C18H23FN4O3/c1-17(2,3)26-16(25)21-15-22-18(11-7-5-6-8-13(11)19)10-20-9-12(18)14(24)23(15)4/h5-8,12,20H,9-10H2,1-4H3,(H,21,22,25)/t12-,18+/m0/s1. The molecule has 0 radical (unpaired) electrons. The molecule has 2 saturated heterocycles. The minimum Gasteiger partial charge on any atom is -0.442 e. The third kappa shape index (κ3) is 3.16. The van der Waals surface area contributed by atoms with Crippen molar-refractivity contribution >= 4 is 18.0 Å². The smallest absolute Gasteiger partial charge is 0.437 e. The lowest BCUT2D eigenvalue weighted by atomic mass is 9.78. The number of guanidine groups is 1. The van der Waals surface area contributed by atoms with E-state index in [-0.39, 0.29) is 11.9 Å². The fourth-order valence-electron chi connectivity index (χ4n) is 3.41. The molecule has 140 valence electrons. The van der Waals surface area contributed by atoms with E-state index < -0.39 is 29.0 Å². The first-order chi connectivity index (χ1) is 12.1. The summed E-state index contributed by atoms with van der Waals surface area (Å²) in [5.41, 5.74) is -1.34. The van der Waals surface area contributed by atoms with Gasteiger partial charge >= 0.3 is 6.09 Å². The van der Waals surface area contributed by atoms with Gasteiger partial charge in [0.2, 0.25) is 11.9 Å². The van der Waals surface area contributed by atoms with Gasteiger partial charge in [0.1, 0.15) is 11.4 Å². The van der Waals surface area contributed by atoms with Crippen LogP contribution in [0.15, 0.2) is 29.3 Å². The van der Waals surface area contributed by atoms with Crippen LogP contribution in [0.1, 0.15) is 26.3 Å². The number of amides is 2. The average Bonchev–Trinajstić information content (AvgIpc) is 2.96. The largest absolute Gasteiger partial charge is 0.442 e. The molecule has 0 unspecified atom stereocenters. The highest BCUT2D eigenvalue weighted by Crippen LogP contribution is 2.38. The second-order valence-electron chi connectivity index (χ2n) is 7.57. The fraction of sp³-hybridized carbons (Fsp3) is 0.500. The Balaban J connectivity index is 2.01. The van der Waals surface area contributed by atoms with E-state index in [1.165, 1.54) is 18.0 Å². The number of hydrogen-bond acceptors (Lipinski definition) is 4. The van der Waals surface area contributed by atoms with Crippen molar-refractivity contribution in [1.82, 2.24) is 15.5 Å². The lowest BCUT2D eigenvalue weighted by Crippen LogP contribution is -2.65. The first-order valence-electron chi connectivity index (χ1n) is 8.47. The van der Waals surface area contributed by atoms with Crippen LogP contribution >= 0.6 is 0 Å². The first-order valence-corrected chi connectivity index (χ1v) is 8.47. The number of halogens is 1. The number of carbonyl (C=O) groups excluding carboxylic acids is 2. The molecule has 0 saturated carbocycles. The highest BCUT2D eigenvalue weighted by atomic mass is 19.1. The summed E-state index contributed by atoms with van der Waals surface area (Å²) in [4.78, 5) is 30.2. The topological polar surface area (TPSA) is 83.0 Å². The van der Waals surface area contributed by atoms with Crippen molar-refractivity contribution in [3.05, 3.63) is 35.6 Å². The maximum absolute atomic E-state index is 14.5. The summed E-state index contributed by atoms with van der Waals surface area (Å²) < 4.78 is 19.7. The average molecular weight is 362 g/mol. The molecule has 2 heterocycles. The number of carbonyl (C=O) groups is 2. The predicted molar refractivity (Wildman–Crippen MR) is 94.0 cm³/mol. The van der Waals surface area contributed by atoms with Gasteiger partial charge in [0.25, 0.3) is 0 Å². The molecule has 2 aliphatic heterocycles. The van der Waals surface area contributed by atoms with Crippen LogP contribution in [0.5, 0.6) is 0 Å². The van der Waals surface area contributed by atoms with Crippen molar-refractivity contribution in [2.45, 2.75) is 31.9 Å². The first kappa shape index (κ1) is 18.3. The van der Waals surface area contributed by atoms with Gasteiger partial charge in [0.15, 0.2) is 0 Å². The second-order valence-corrected chi connectivity index (χ2v) is 7.57. The Morgan fingerprint density at radius 3 is 2.73 bits per heavy atom. The van der Waals surface area contributed by atoms with E-state index in [0.29, 0.717) is 18.7 Å². The highest BCUT2D eigenvalue weighted by molar-refractivity contribution is 6.05. The van der Waals surface area contributed by atoms with Crippen LogP contribution in [-0.4, -0.2) is 48.6 Å². The van der Waals surface area contributed by atoms with Gasteiger partial charge in [-0.2, -0.15) is 0 Å². The van der Waals surface area contributed by atoms with E-state index in [4.69, 9.17) is 4.74 Å². The Morgan fingerprint density at radius 2 is 2.08 bits per heavy atom. The number of hydrogen-bond donors (Lipinski definition) is 2. The summed E-state index contributed by atoms with van der Waals surface area (Å²) >= 11 is 0. The quantitative estimate of drug-likeness (QED) is 0.793. The molecule has 1 aromatic carbocycles. The zero-order chi connectivity index (χ0) is 19.1. The summed E-state index contributed by atoms with van der Waals surface area (Å²) in [5, 5.41) is 6.28. The number of nitrogens with one attached hydrogen (secondary N) is 2. The minimum absolute atomic E-state index is 0.0486. The van der Waals surface area contributed by atoms with Crippen LogP contribution in [0.25, 0.3) is 0 Å². The van der Waals surface area contributed by atoms with E-state index >= 15 is 0 Å². The molecule has 3 rings (SSSR count). The Hall–Kier alpha value is -2.48. The van der Waals surface area contributed by atoms with Gasteiger partial charge in [0.05, 0.1) is 11.5 Å². The summed E-state index contributed by atoms with van der Waals surface area (Å²) in [7, 11) is 1.53. The molecule has 1 aromatic rings. The molecule has 0 spiro atoms. The van der Waals surface area contributed by atoms with E-state index in [1.54, 1.807) is 39.0 Å². The number of aliphatic imine (C=N–C) groups is 1. The molecule has 2 aliphatic rings. The summed E-state index contributed by atoms with van der Waals surface area (Å²) in [6.07, 6.45) is -0.812. The maximum Gasteiger partial charge on any atom is 0.437 e. The molecular weight excluding hydrogens is 339 g/mol. The number of benzene rings is 1. The Kier molecular flexibility index (Phi) is 4.47. The monoisotopic (exact) mass is 362 g/mol. The Bertz CT molecular complexity index is 774. The zero-order valence-corrected chi connectivity index (χ0v) is 15.3. The Labute approximate surface area is 151 Å². The van der Waals surface area contributed by atoms with E-state index in [1.807, 2.05) is 0 Å². The lowest BCUT2D eigenvalue weighted by Gasteiger charge is -2.43. The molecule has 2 atom stereocenters. The minimum atomic E-state index is -1.00. The van der Waals surface area contributed by atoms with E-state index in [0.717, 1.165) is 0 Å². The molecule has 0 aromatic heterocycles. The molecule has 26 heavy (non-hydrogen) atoms. The number of nitrogens with zero attached hydrogens (tertiary/aromatic N) is 2.